The number of hydrogen-bond acceptors (Lipinski definition) is 4. The molecule has 7 nitrogen and oxygen atoms in total. The minimum atomic E-state index is -1.34. The number of furan rings is 1. The van der Waals surface area contributed by atoms with E-state index in [0.717, 1.165) is 44.3 Å². The first-order valence-corrected chi connectivity index (χ1v) is 14.9. The smallest absolute Gasteiger partial charge is 0.404 e. The summed E-state index contributed by atoms with van der Waals surface area (Å²) in [4.78, 5) is 27.0. The molecule has 1 unspecified atom stereocenters. The quantitative estimate of drug-likeness (QED) is 0.248. The van der Waals surface area contributed by atoms with Gasteiger partial charge in [0.25, 0.3) is 5.91 Å². The van der Waals surface area contributed by atoms with E-state index in [0.29, 0.717) is 17.1 Å². The maximum absolute atomic E-state index is 14.9. The summed E-state index contributed by atoms with van der Waals surface area (Å²) < 4.78 is 30.0. The van der Waals surface area contributed by atoms with Gasteiger partial charge in [0.15, 0.2) is 5.76 Å². The molecule has 1 aliphatic heterocycles. The highest BCUT2D eigenvalue weighted by Gasteiger charge is 2.46. The number of likely N-dealkylation sites (tertiary alicyclic amines) is 1. The van der Waals surface area contributed by atoms with Gasteiger partial charge in [0.05, 0.1) is 18.3 Å². The van der Waals surface area contributed by atoms with Gasteiger partial charge in [-0.15, -0.1) is 0 Å². The molecule has 4 aromatic rings. The zero-order chi connectivity index (χ0) is 29.2. The van der Waals surface area contributed by atoms with Crippen LogP contribution in [0.1, 0.15) is 56.0 Å². The molecule has 2 aliphatic rings. The Bertz CT molecular complexity index is 1660. The van der Waals surface area contributed by atoms with Crippen LogP contribution in [0.2, 0.25) is 0 Å². The Morgan fingerprint density at radius 3 is 2.59 bits per heavy atom. The van der Waals surface area contributed by atoms with Crippen LogP contribution in [0.4, 0.5) is 9.18 Å². The van der Waals surface area contributed by atoms with Gasteiger partial charge in [-0.3, -0.25) is 4.79 Å². The number of fused-ring (bicyclic) bond motifs is 2. The van der Waals surface area contributed by atoms with Crippen molar-refractivity contribution >= 4 is 49.8 Å². The van der Waals surface area contributed by atoms with Crippen LogP contribution in [0.3, 0.4) is 0 Å². The number of halogens is 2. The third kappa shape index (κ3) is 5.25. The van der Waals surface area contributed by atoms with Crippen molar-refractivity contribution in [2.75, 3.05) is 6.54 Å². The Labute approximate surface area is 246 Å². The number of hydrogen-bond donors (Lipinski definition) is 1. The molecule has 3 heterocycles. The summed E-state index contributed by atoms with van der Waals surface area (Å²) >= 11 is 3.62. The zero-order valence-electron chi connectivity index (χ0n) is 23.7. The molecule has 41 heavy (non-hydrogen) atoms. The Morgan fingerprint density at radius 1 is 1.15 bits per heavy atom. The van der Waals surface area contributed by atoms with Crippen molar-refractivity contribution in [3.63, 3.8) is 0 Å². The van der Waals surface area contributed by atoms with Crippen LogP contribution in [0.15, 0.2) is 51.4 Å². The summed E-state index contributed by atoms with van der Waals surface area (Å²) in [6.45, 7) is 8.71. The first kappa shape index (κ1) is 27.8. The van der Waals surface area contributed by atoms with Crippen molar-refractivity contribution in [2.45, 2.75) is 71.8 Å². The number of carbonyl (C=O) groups is 2. The van der Waals surface area contributed by atoms with Crippen LogP contribution in [0, 0.1) is 18.3 Å². The highest BCUT2D eigenvalue weighted by Crippen LogP contribution is 2.41. The van der Waals surface area contributed by atoms with Gasteiger partial charge in [-0.2, -0.15) is 0 Å². The molecule has 1 aliphatic carbocycles. The lowest BCUT2D eigenvalue weighted by atomic mass is 9.78. The molecular formula is C32H35BrFN3O4. The van der Waals surface area contributed by atoms with Gasteiger partial charge >= 0.3 is 6.09 Å². The molecule has 2 amide bonds. The first-order valence-electron chi connectivity index (χ1n) is 14.1. The summed E-state index contributed by atoms with van der Waals surface area (Å²) in [6.07, 6.45) is -0.688. The second kappa shape index (κ2) is 10.2. The van der Waals surface area contributed by atoms with E-state index in [1.807, 2.05) is 39.8 Å². The SMILES string of the molecule is Cc1c(-c2cc3ccc(Br)cc3n2CC2CC2)oc2cc(C(=O)N3C[C@H](F)C[C@@H](OC(N)=O)C3C(C)(C)C)ccc12. The van der Waals surface area contributed by atoms with Crippen molar-refractivity contribution < 1.29 is 23.1 Å². The summed E-state index contributed by atoms with van der Waals surface area (Å²) in [5.41, 5.74) is 8.98. The monoisotopic (exact) mass is 623 g/mol. The fourth-order valence-electron chi connectivity index (χ4n) is 6.42. The molecule has 2 N–H and O–H groups in total. The number of amides is 2. The number of primary amides is 1. The topological polar surface area (TPSA) is 90.7 Å². The van der Waals surface area contributed by atoms with Crippen molar-refractivity contribution in [3.8, 4) is 11.5 Å². The molecule has 0 bridgehead atoms. The molecule has 3 atom stereocenters. The number of rotatable bonds is 5. The number of aromatic nitrogens is 1. The molecule has 216 valence electrons. The van der Waals surface area contributed by atoms with E-state index >= 15 is 0 Å². The lowest BCUT2D eigenvalue weighted by Crippen LogP contribution is -2.61. The van der Waals surface area contributed by atoms with Crippen LogP contribution < -0.4 is 5.73 Å². The van der Waals surface area contributed by atoms with Crippen LogP contribution in [0.5, 0.6) is 0 Å². The fraction of sp³-hybridized carbons (Fsp3) is 0.438. The maximum atomic E-state index is 14.9. The number of aryl methyl sites for hydroxylation is 1. The molecule has 2 fully saturated rings. The minimum absolute atomic E-state index is 0.000139. The normalized spacial score (nSPS) is 21.5. The van der Waals surface area contributed by atoms with Gasteiger partial charge in [0.2, 0.25) is 0 Å². The van der Waals surface area contributed by atoms with Crippen molar-refractivity contribution in [3.05, 3.63) is 58.1 Å². The summed E-state index contributed by atoms with van der Waals surface area (Å²) in [6, 6.07) is 13.3. The van der Waals surface area contributed by atoms with Gasteiger partial charge in [-0.25, -0.2) is 9.18 Å². The average molecular weight is 625 g/mol. The number of alkyl halides is 1. The van der Waals surface area contributed by atoms with Crippen LogP contribution >= 0.6 is 15.9 Å². The standard InChI is InChI=1S/C32H35BrFN3O4/c1-17-23-10-8-20(30(38)37-16-22(34)14-27(41-31(35)39)29(37)32(2,3)4)12-26(23)40-28(17)25-11-19-7-9-21(33)13-24(19)36(25)15-18-5-6-18/h7-13,18,22,27,29H,5-6,14-16H2,1-4H3,(H2,35,39)/t22-,27-,29?/m1/s1. The lowest BCUT2D eigenvalue weighted by Gasteiger charge is -2.47. The molecule has 9 heteroatoms. The van der Waals surface area contributed by atoms with E-state index in [2.05, 4.69) is 38.7 Å². The van der Waals surface area contributed by atoms with E-state index < -0.39 is 29.8 Å². The summed E-state index contributed by atoms with van der Waals surface area (Å²) in [5.74, 6) is 1.11. The molecule has 1 saturated carbocycles. The number of carbonyl (C=O) groups excluding carboxylic acids is 2. The molecule has 0 spiro atoms. The zero-order valence-corrected chi connectivity index (χ0v) is 25.3. The van der Waals surface area contributed by atoms with E-state index in [9.17, 15) is 14.0 Å². The van der Waals surface area contributed by atoms with Gasteiger partial charge in [-0.05, 0) is 61.4 Å². The van der Waals surface area contributed by atoms with Crippen molar-refractivity contribution in [1.82, 2.24) is 9.47 Å². The van der Waals surface area contributed by atoms with Crippen LogP contribution in [-0.4, -0.2) is 46.3 Å². The lowest BCUT2D eigenvalue weighted by molar-refractivity contribution is -0.0570. The third-order valence-electron chi connectivity index (χ3n) is 8.41. The molecule has 0 radical (unpaired) electrons. The molecule has 2 aromatic carbocycles. The third-order valence-corrected chi connectivity index (χ3v) is 8.90. The van der Waals surface area contributed by atoms with Crippen molar-refractivity contribution in [1.29, 1.82) is 0 Å². The van der Waals surface area contributed by atoms with Crippen LogP contribution in [-0.2, 0) is 11.3 Å². The fourth-order valence-corrected chi connectivity index (χ4v) is 6.77. The first-order chi connectivity index (χ1) is 19.4. The summed E-state index contributed by atoms with van der Waals surface area (Å²) in [7, 11) is 0. The number of benzene rings is 2. The summed E-state index contributed by atoms with van der Waals surface area (Å²) in [5, 5.41) is 2.07. The highest BCUT2D eigenvalue weighted by atomic mass is 79.9. The van der Waals surface area contributed by atoms with E-state index in [1.54, 1.807) is 12.1 Å². The Morgan fingerprint density at radius 2 is 1.90 bits per heavy atom. The maximum Gasteiger partial charge on any atom is 0.404 e. The molecule has 2 aromatic heterocycles. The average Bonchev–Trinajstić information content (AvgIpc) is 3.57. The number of nitrogens with zero attached hydrogens (tertiary/aromatic N) is 2. The van der Waals surface area contributed by atoms with E-state index in [-0.39, 0.29) is 18.9 Å². The predicted molar refractivity (Wildman–Crippen MR) is 161 cm³/mol. The molecule has 6 rings (SSSR count). The van der Waals surface area contributed by atoms with E-state index in [1.165, 1.54) is 17.7 Å². The molecular weight excluding hydrogens is 589 g/mol. The largest absolute Gasteiger partial charge is 0.454 e. The second-order valence-corrected chi connectivity index (χ2v) is 13.5. The van der Waals surface area contributed by atoms with E-state index in [4.69, 9.17) is 14.9 Å². The number of nitrogens with two attached hydrogens (primary N) is 1. The second-order valence-electron chi connectivity index (χ2n) is 12.6. The molecule has 1 saturated heterocycles. The predicted octanol–water partition coefficient (Wildman–Crippen LogP) is 7.60. The van der Waals surface area contributed by atoms with Gasteiger partial charge in [0, 0.05) is 44.9 Å². The van der Waals surface area contributed by atoms with Crippen LogP contribution in [0.25, 0.3) is 33.3 Å². The van der Waals surface area contributed by atoms with Gasteiger partial charge in [0.1, 0.15) is 17.9 Å². The Hall–Kier alpha value is -3.33. The Balaban J connectivity index is 1.39. The Kier molecular flexibility index (Phi) is 6.91. The van der Waals surface area contributed by atoms with Gasteiger partial charge < -0.3 is 24.4 Å². The number of piperidine rings is 1. The minimum Gasteiger partial charge on any atom is -0.454 e. The number of ether oxygens (including phenoxy) is 1. The van der Waals surface area contributed by atoms with Gasteiger partial charge in [-0.1, -0.05) is 48.8 Å². The highest BCUT2D eigenvalue weighted by molar-refractivity contribution is 9.10. The van der Waals surface area contributed by atoms with Crippen molar-refractivity contribution in [2.24, 2.45) is 17.1 Å².